The van der Waals surface area contributed by atoms with Gasteiger partial charge in [0.1, 0.15) is 17.4 Å². The first-order chi connectivity index (χ1) is 8.68. The van der Waals surface area contributed by atoms with Gasteiger partial charge in [-0.15, -0.1) is 0 Å². The first kappa shape index (κ1) is 11.0. The molecule has 1 fully saturated rings. The summed E-state index contributed by atoms with van der Waals surface area (Å²) in [6, 6.07) is 4.86. The zero-order valence-corrected chi connectivity index (χ0v) is 9.89. The van der Waals surface area contributed by atoms with Gasteiger partial charge >= 0.3 is 0 Å². The smallest absolute Gasteiger partial charge is 0.266 e. The van der Waals surface area contributed by atoms with Crippen molar-refractivity contribution < 1.29 is 5.11 Å². The number of nitriles is 1. The molecular formula is C13H13N3O2. The minimum atomic E-state index is -0.736. The van der Waals surface area contributed by atoms with Gasteiger partial charge in [-0.1, -0.05) is 6.42 Å². The summed E-state index contributed by atoms with van der Waals surface area (Å²) in [7, 11) is 0. The first-order valence-electron chi connectivity index (χ1n) is 6.14. The number of hydrogen-bond donors (Lipinski definition) is 1. The highest BCUT2D eigenvalue weighted by Crippen LogP contribution is 2.31. The molecule has 3 rings (SSSR count). The van der Waals surface area contributed by atoms with Crippen LogP contribution in [0.25, 0.3) is 0 Å². The number of aromatic hydroxyl groups is 1. The molecule has 1 aromatic rings. The van der Waals surface area contributed by atoms with Crippen LogP contribution in [-0.4, -0.2) is 10.8 Å². The van der Waals surface area contributed by atoms with Crippen LogP contribution in [0.2, 0.25) is 0 Å². The number of benzene rings is 1. The SMILES string of the molecule is N#Cc1c(O)ccc2c1=NC1(CCCCC1)[N+]=2[O-]. The zero-order chi connectivity index (χ0) is 12.8. The lowest BCUT2D eigenvalue weighted by molar-refractivity contribution is 0.241. The molecule has 1 heterocycles. The Labute approximate surface area is 104 Å². The van der Waals surface area contributed by atoms with Crippen LogP contribution in [-0.2, 0) is 0 Å². The van der Waals surface area contributed by atoms with Gasteiger partial charge in [-0.25, -0.2) is 4.99 Å². The molecule has 0 unspecified atom stereocenters. The van der Waals surface area contributed by atoms with Gasteiger partial charge in [0.2, 0.25) is 5.36 Å². The Morgan fingerprint density at radius 3 is 2.72 bits per heavy atom. The number of hydrogen-bond acceptors (Lipinski definition) is 4. The Balaban J connectivity index is 2.31. The molecule has 2 aliphatic rings. The van der Waals surface area contributed by atoms with E-state index in [1.54, 1.807) is 6.07 Å². The van der Waals surface area contributed by atoms with E-state index in [0.717, 1.165) is 36.8 Å². The van der Waals surface area contributed by atoms with Gasteiger partial charge in [0.05, 0.1) is 0 Å². The lowest BCUT2D eigenvalue weighted by Crippen LogP contribution is -2.44. The first-order valence-corrected chi connectivity index (χ1v) is 6.14. The van der Waals surface area contributed by atoms with Crippen molar-refractivity contribution in [2.45, 2.75) is 37.8 Å². The number of nitrogens with zero attached hydrogens (tertiary/aromatic N) is 3. The molecule has 0 saturated heterocycles. The second-order valence-electron chi connectivity index (χ2n) is 4.89. The van der Waals surface area contributed by atoms with Crippen LogP contribution < -0.4 is 15.5 Å². The van der Waals surface area contributed by atoms with E-state index in [0.29, 0.717) is 10.7 Å². The molecule has 92 valence electrons. The van der Waals surface area contributed by atoms with Gasteiger partial charge in [-0.05, 0) is 18.9 Å². The van der Waals surface area contributed by atoms with Crippen LogP contribution in [0, 0.1) is 16.5 Å². The predicted octanol–water partition coefficient (Wildman–Crippen LogP) is 0.546. The van der Waals surface area contributed by atoms with Crippen molar-refractivity contribution in [1.82, 2.24) is 4.74 Å². The van der Waals surface area contributed by atoms with E-state index in [1.807, 2.05) is 6.07 Å². The number of rotatable bonds is 0. The van der Waals surface area contributed by atoms with E-state index in [-0.39, 0.29) is 11.3 Å². The fraction of sp³-hybridized carbons (Fsp3) is 0.462. The highest BCUT2D eigenvalue weighted by molar-refractivity contribution is 5.42. The molecule has 0 bridgehead atoms. The Bertz CT molecular complexity index is 667. The van der Waals surface area contributed by atoms with Gasteiger partial charge in [0.15, 0.2) is 5.36 Å². The van der Waals surface area contributed by atoms with Crippen molar-refractivity contribution in [1.29, 1.82) is 5.26 Å². The minimum absolute atomic E-state index is 0.107. The summed E-state index contributed by atoms with van der Waals surface area (Å²) >= 11 is 0. The largest absolute Gasteiger partial charge is 0.622 e. The molecule has 0 amide bonds. The summed E-state index contributed by atoms with van der Waals surface area (Å²) in [5.74, 6) is -0.110. The van der Waals surface area contributed by atoms with Crippen LogP contribution in [0.15, 0.2) is 17.1 Å². The van der Waals surface area contributed by atoms with E-state index >= 15 is 0 Å². The van der Waals surface area contributed by atoms with Crippen LogP contribution in [0.3, 0.4) is 0 Å². The lowest BCUT2D eigenvalue weighted by Gasteiger charge is -2.28. The summed E-state index contributed by atoms with van der Waals surface area (Å²) < 4.78 is 0.932. The van der Waals surface area contributed by atoms with Crippen molar-refractivity contribution in [2.24, 2.45) is 4.99 Å². The maximum atomic E-state index is 12.4. The third kappa shape index (κ3) is 1.32. The average molecular weight is 243 g/mol. The van der Waals surface area contributed by atoms with E-state index in [9.17, 15) is 10.3 Å². The zero-order valence-electron chi connectivity index (χ0n) is 9.89. The maximum Gasteiger partial charge on any atom is 0.266 e. The molecule has 1 spiro atoms. The summed E-state index contributed by atoms with van der Waals surface area (Å²) in [6.07, 6.45) is 4.51. The predicted molar refractivity (Wildman–Crippen MR) is 64.0 cm³/mol. The van der Waals surface area contributed by atoms with E-state index in [1.165, 1.54) is 6.07 Å². The monoisotopic (exact) mass is 243 g/mol. The van der Waals surface area contributed by atoms with E-state index < -0.39 is 5.66 Å². The summed E-state index contributed by atoms with van der Waals surface area (Å²) in [4.78, 5) is 4.49. The molecule has 1 aliphatic carbocycles. The van der Waals surface area contributed by atoms with Crippen LogP contribution in [0.5, 0.6) is 5.75 Å². The lowest BCUT2D eigenvalue weighted by atomic mass is 9.90. The second-order valence-corrected chi connectivity index (χ2v) is 4.89. The Kier molecular flexibility index (Phi) is 2.27. The summed E-state index contributed by atoms with van der Waals surface area (Å²) in [6.45, 7) is 0. The van der Waals surface area contributed by atoms with Crippen LogP contribution in [0.4, 0.5) is 0 Å². The molecule has 1 N–H and O–H groups in total. The topological polar surface area (TPSA) is 82.4 Å². The molecule has 5 nitrogen and oxygen atoms in total. The molecular weight excluding hydrogens is 230 g/mol. The maximum absolute atomic E-state index is 12.4. The molecule has 5 heteroatoms. The molecule has 0 radical (unpaired) electrons. The second kappa shape index (κ2) is 3.70. The fourth-order valence-corrected chi connectivity index (χ4v) is 2.87. The number of phenolic OH excluding ortho intramolecular Hbond substituents is 1. The standard InChI is InChI=1S/C13H13N3O2/c14-8-9-11(17)5-4-10-12(9)15-13(16(10)18)6-2-1-3-7-13/h4-5,17H,1-3,6-7H2. The van der Waals surface area contributed by atoms with Crippen LogP contribution >= 0.6 is 0 Å². The van der Waals surface area contributed by atoms with E-state index in [4.69, 9.17) is 5.26 Å². The number of fused-ring (bicyclic) bond motifs is 1. The Morgan fingerprint density at radius 1 is 1.33 bits per heavy atom. The van der Waals surface area contributed by atoms with Crippen molar-refractivity contribution >= 4 is 0 Å². The van der Waals surface area contributed by atoms with Crippen molar-refractivity contribution in [3.63, 3.8) is 0 Å². The molecule has 18 heavy (non-hydrogen) atoms. The summed E-state index contributed by atoms with van der Waals surface area (Å²) in [5.41, 5.74) is -0.629. The molecule has 0 atom stereocenters. The highest BCUT2D eigenvalue weighted by Gasteiger charge is 2.43. The van der Waals surface area contributed by atoms with Gasteiger partial charge in [0, 0.05) is 18.9 Å². The van der Waals surface area contributed by atoms with Crippen molar-refractivity contribution in [3.8, 4) is 11.8 Å². The third-order valence-corrected chi connectivity index (χ3v) is 3.82. The number of hydroxylamine groups is 1. The summed E-state index contributed by atoms with van der Waals surface area (Å²) in [5, 5.41) is 31.9. The fourth-order valence-electron chi connectivity index (χ4n) is 2.87. The van der Waals surface area contributed by atoms with Gasteiger partial charge in [0.25, 0.3) is 5.66 Å². The van der Waals surface area contributed by atoms with Gasteiger partial charge < -0.3 is 10.3 Å². The highest BCUT2D eigenvalue weighted by atomic mass is 16.5. The quantitative estimate of drug-likeness (QED) is 0.533. The Morgan fingerprint density at radius 2 is 2.06 bits per heavy atom. The number of phenols is 1. The Hall–Kier alpha value is -2.09. The normalized spacial score (nSPS) is 20.3. The molecule has 1 aliphatic heterocycles. The van der Waals surface area contributed by atoms with Crippen molar-refractivity contribution in [2.75, 3.05) is 0 Å². The van der Waals surface area contributed by atoms with Gasteiger partial charge in [-0.3, -0.25) is 0 Å². The van der Waals surface area contributed by atoms with Crippen LogP contribution in [0.1, 0.15) is 37.7 Å². The minimum Gasteiger partial charge on any atom is -0.622 e. The molecule has 1 aromatic carbocycles. The van der Waals surface area contributed by atoms with E-state index in [2.05, 4.69) is 4.99 Å². The average Bonchev–Trinajstić information content (AvgIpc) is 2.64. The van der Waals surface area contributed by atoms with Crippen molar-refractivity contribution in [3.05, 3.63) is 33.6 Å². The molecule has 0 aromatic heterocycles. The van der Waals surface area contributed by atoms with Gasteiger partial charge in [-0.2, -0.15) is 10.0 Å². The third-order valence-electron chi connectivity index (χ3n) is 3.82. The molecule has 1 saturated carbocycles.